The zero-order chi connectivity index (χ0) is 18.5. The summed E-state index contributed by atoms with van der Waals surface area (Å²) >= 11 is 0. The first-order chi connectivity index (χ1) is 12.3. The molecule has 8 heteroatoms. The Hall–Kier alpha value is -2.35. The fraction of sp³-hybridized carbons (Fsp3) is 0.444. The summed E-state index contributed by atoms with van der Waals surface area (Å²) in [6.45, 7) is 4.39. The van der Waals surface area contributed by atoms with E-state index in [-0.39, 0.29) is 5.56 Å². The zero-order valence-electron chi connectivity index (χ0n) is 14.2. The van der Waals surface area contributed by atoms with Crippen LogP contribution in [0.3, 0.4) is 0 Å². The van der Waals surface area contributed by atoms with E-state index >= 15 is 0 Å². The molecular formula is C18H19F3N4O. The van der Waals surface area contributed by atoms with E-state index in [1.165, 1.54) is 6.92 Å². The van der Waals surface area contributed by atoms with Gasteiger partial charge in [0, 0.05) is 31.2 Å². The summed E-state index contributed by atoms with van der Waals surface area (Å²) in [6.07, 6.45) is -3.39. The van der Waals surface area contributed by atoms with Crippen LogP contribution in [0.1, 0.15) is 17.5 Å². The number of aromatic hydroxyl groups is 1. The molecule has 4 rings (SSSR count). The molecule has 2 aliphatic rings. The number of phenols is 1. The minimum absolute atomic E-state index is 0.277. The third-order valence-corrected chi connectivity index (χ3v) is 5.29. The highest BCUT2D eigenvalue weighted by molar-refractivity contribution is 5.71. The molecule has 3 heterocycles. The molecule has 0 spiro atoms. The number of aromatic nitrogens is 2. The van der Waals surface area contributed by atoms with Crippen molar-refractivity contribution in [2.24, 2.45) is 5.92 Å². The van der Waals surface area contributed by atoms with Gasteiger partial charge in [0.1, 0.15) is 5.75 Å². The van der Waals surface area contributed by atoms with E-state index in [0.29, 0.717) is 23.2 Å². The summed E-state index contributed by atoms with van der Waals surface area (Å²) in [5.74, 6) is 0.937. The quantitative estimate of drug-likeness (QED) is 0.858. The van der Waals surface area contributed by atoms with Gasteiger partial charge in [0.25, 0.3) is 0 Å². The van der Waals surface area contributed by atoms with Crippen molar-refractivity contribution in [3.63, 3.8) is 0 Å². The average molecular weight is 364 g/mol. The maximum absolute atomic E-state index is 12.9. The molecule has 0 amide bonds. The molecule has 0 radical (unpaired) electrons. The van der Waals surface area contributed by atoms with Gasteiger partial charge in [0.2, 0.25) is 0 Å². The number of aryl methyl sites for hydroxylation is 1. The van der Waals surface area contributed by atoms with Gasteiger partial charge >= 0.3 is 6.18 Å². The zero-order valence-corrected chi connectivity index (χ0v) is 14.2. The van der Waals surface area contributed by atoms with Crippen LogP contribution in [0, 0.1) is 12.8 Å². The number of phenolic OH excluding ortho intramolecular Hbond substituents is 1. The van der Waals surface area contributed by atoms with Gasteiger partial charge in [-0.25, -0.2) is 0 Å². The monoisotopic (exact) mass is 364 g/mol. The minimum Gasteiger partial charge on any atom is -0.507 e. The van der Waals surface area contributed by atoms with Crippen molar-refractivity contribution < 1.29 is 18.3 Å². The highest BCUT2D eigenvalue weighted by Crippen LogP contribution is 2.39. The van der Waals surface area contributed by atoms with Crippen molar-refractivity contribution in [1.29, 1.82) is 0 Å². The second-order valence-electron chi connectivity index (χ2n) is 6.93. The number of fused-ring (bicyclic) bond motifs is 1. The Morgan fingerprint density at radius 3 is 2.65 bits per heavy atom. The Bertz CT molecular complexity index is 799. The number of hydrogen-bond acceptors (Lipinski definition) is 5. The van der Waals surface area contributed by atoms with E-state index in [2.05, 4.69) is 20.4 Å². The summed E-state index contributed by atoms with van der Waals surface area (Å²) in [7, 11) is 0. The maximum atomic E-state index is 12.9. The van der Waals surface area contributed by atoms with Crippen LogP contribution in [0.4, 0.5) is 19.0 Å². The first-order valence-electron chi connectivity index (χ1n) is 8.57. The molecule has 26 heavy (non-hydrogen) atoms. The summed E-state index contributed by atoms with van der Waals surface area (Å²) in [6, 6.07) is 5.68. The molecule has 0 bridgehead atoms. The van der Waals surface area contributed by atoms with Crippen LogP contribution in [0.15, 0.2) is 24.3 Å². The molecule has 2 atom stereocenters. The molecule has 0 unspecified atom stereocenters. The predicted molar refractivity (Wildman–Crippen MR) is 91.0 cm³/mol. The Morgan fingerprint density at radius 2 is 2.00 bits per heavy atom. The van der Waals surface area contributed by atoms with Crippen LogP contribution < -0.4 is 10.2 Å². The van der Waals surface area contributed by atoms with Gasteiger partial charge in [0.15, 0.2) is 5.82 Å². The van der Waals surface area contributed by atoms with Gasteiger partial charge in [-0.1, -0.05) is 0 Å². The lowest BCUT2D eigenvalue weighted by Crippen LogP contribution is -2.34. The van der Waals surface area contributed by atoms with Crippen molar-refractivity contribution in [2.75, 3.05) is 24.5 Å². The van der Waals surface area contributed by atoms with Crippen molar-refractivity contribution in [3.8, 4) is 17.0 Å². The van der Waals surface area contributed by atoms with Gasteiger partial charge in [0.05, 0.1) is 11.3 Å². The topological polar surface area (TPSA) is 61.3 Å². The van der Waals surface area contributed by atoms with Crippen molar-refractivity contribution in [1.82, 2.24) is 15.5 Å². The summed E-state index contributed by atoms with van der Waals surface area (Å²) < 4.78 is 38.6. The molecule has 138 valence electrons. The summed E-state index contributed by atoms with van der Waals surface area (Å²) in [4.78, 5) is 2.22. The predicted octanol–water partition coefficient (Wildman–Crippen LogP) is 2.97. The van der Waals surface area contributed by atoms with Crippen molar-refractivity contribution in [3.05, 3.63) is 35.4 Å². The molecule has 0 aliphatic carbocycles. The summed E-state index contributed by atoms with van der Waals surface area (Å²) in [5.41, 5.74) is 0.0647. The third-order valence-electron chi connectivity index (χ3n) is 5.29. The number of nitrogens with zero attached hydrogens (tertiary/aromatic N) is 3. The fourth-order valence-electron chi connectivity index (χ4n) is 4.01. The first-order valence-corrected chi connectivity index (χ1v) is 8.57. The Kier molecular flexibility index (Phi) is 4.02. The van der Waals surface area contributed by atoms with Crippen molar-refractivity contribution >= 4 is 5.82 Å². The fourth-order valence-corrected chi connectivity index (χ4v) is 4.01. The number of nitrogens with one attached hydrogen (secondary N) is 1. The second kappa shape index (κ2) is 6.12. The van der Waals surface area contributed by atoms with E-state index < -0.39 is 17.5 Å². The number of benzene rings is 1. The lowest BCUT2D eigenvalue weighted by atomic mass is 10.0. The molecule has 0 saturated carbocycles. The first kappa shape index (κ1) is 17.1. The molecule has 1 aromatic heterocycles. The average Bonchev–Trinajstić information content (AvgIpc) is 3.17. The molecule has 2 N–H and O–H groups in total. The number of anilines is 1. The van der Waals surface area contributed by atoms with E-state index in [9.17, 15) is 18.3 Å². The summed E-state index contributed by atoms with van der Waals surface area (Å²) in [5, 5.41) is 21.9. The largest absolute Gasteiger partial charge is 0.507 e. The SMILES string of the molecule is Cc1cc(C(F)(F)F)cc(O)c1-c1ccc(N2CC[C@H]3CNC[C@H]32)nn1. The van der Waals surface area contributed by atoms with Crippen LogP contribution in [-0.4, -0.2) is 41.0 Å². The van der Waals surface area contributed by atoms with E-state index in [1.807, 2.05) is 6.07 Å². The van der Waals surface area contributed by atoms with Crippen LogP contribution >= 0.6 is 0 Å². The third kappa shape index (κ3) is 2.88. The molecule has 2 aliphatic heterocycles. The minimum atomic E-state index is -4.50. The number of hydrogen-bond donors (Lipinski definition) is 2. The van der Waals surface area contributed by atoms with Crippen LogP contribution in [0.2, 0.25) is 0 Å². The van der Waals surface area contributed by atoms with E-state index in [1.54, 1.807) is 6.07 Å². The highest BCUT2D eigenvalue weighted by atomic mass is 19.4. The molecule has 2 aromatic rings. The maximum Gasteiger partial charge on any atom is 0.416 e. The van der Waals surface area contributed by atoms with Crippen LogP contribution in [0.5, 0.6) is 5.75 Å². The normalized spacial score (nSPS) is 22.7. The molecule has 2 fully saturated rings. The molecule has 5 nitrogen and oxygen atoms in total. The van der Waals surface area contributed by atoms with Crippen LogP contribution in [-0.2, 0) is 6.18 Å². The number of alkyl halides is 3. The van der Waals surface area contributed by atoms with Gasteiger partial charge in [-0.2, -0.15) is 13.2 Å². The standard InChI is InChI=1S/C18H19F3N4O/c1-10-6-12(18(19,20)21)7-15(26)17(10)13-2-3-16(24-23-13)25-5-4-11-8-22-9-14(11)25/h2-3,6-7,11,14,22,26H,4-5,8-9H2,1H3/t11-,14+/m0/s1. The lowest BCUT2D eigenvalue weighted by molar-refractivity contribution is -0.137. The Morgan fingerprint density at radius 1 is 1.19 bits per heavy atom. The second-order valence-corrected chi connectivity index (χ2v) is 6.93. The molecular weight excluding hydrogens is 345 g/mol. The van der Waals surface area contributed by atoms with Gasteiger partial charge in [-0.05, 0) is 49.1 Å². The van der Waals surface area contributed by atoms with Gasteiger partial charge in [-0.3, -0.25) is 0 Å². The Labute approximate surface area is 148 Å². The van der Waals surface area contributed by atoms with Crippen LogP contribution in [0.25, 0.3) is 11.3 Å². The smallest absolute Gasteiger partial charge is 0.416 e. The van der Waals surface area contributed by atoms with Gasteiger partial charge < -0.3 is 15.3 Å². The number of halogens is 3. The highest BCUT2D eigenvalue weighted by Gasteiger charge is 2.38. The number of rotatable bonds is 2. The molecule has 1 aromatic carbocycles. The Balaban J connectivity index is 1.63. The van der Waals surface area contributed by atoms with E-state index in [0.717, 1.165) is 44.0 Å². The van der Waals surface area contributed by atoms with Gasteiger partial charge in [-0.15, -0.1) is 10.2 Å². The van der Waals surface area contributed by atoms with Crippen molar-refractivity contribution in [2.45, 2.75) is 25.6 Å². The van der Waals surface area contributed by atoms with E-state index in [4.69, 9.17) is 0 Å². The lowest BCUT2D eigenvalue weighted by Gasteiger charge is -2.24. The molecule has 2 saturated heterocycles.